The lowest BCUT2D eigenvalue weighted by atomic mass is 9.87. The average Bonchev–Trinajstić information content (AvgIpc) is 3.37. The second-order valence-corrected chi connectivity index (χ2v) is 9.13. The second-order valence-electron chi connectivity index (χ2n) is 9.13. The van der Waals surface area contributed by atoms with Crippen LogP contribution in [0.4, 0.5) is 0 Å². The third-order valence-electron chi connectivity index (χ3n) is 7.30. The fourth-order valence-corrected chi connectivity index (χ4v) is 5.26. The van der Waals surface area contributed by atoms with E-state index < -0.39 is 6.04 Å². The Bertz CT molecular complexity index is 871. The van der Waals surface area contributed by atoms with E-state index in [2.05, 4.69) is 16.3 Å². The minimum absolute atomic E-state index is 0.103. The van der Waals surface area contributed by atoms with Crippen LogP contribution in [0, 0.1) is 5.92 Å². The highest BCUT2D eigenvalue weighted by Gasteiger charge is 2.46. The molecule has 3 heterocycles. The quantitative estimate of drug-likeness (QED) is 0.745. The summed E-state index contributed by atoms with van der Waals surface area (Å²) in [6, 6.07) is 5.32. The van der Waals surface area contributed by atoms with Gasteiger partial charge in [0, 0.05) is 30.6 Å². The molecule has 1 aliphatic carbocycles. The summed E-state index contributed by atoms with van der Waals surface area (Å²) in [5.74, 6) is -0.0783. The molecule has 154 valence electrons. The summed E-state index contributed by atoms with van der Waals surface area (Å²) in [6.45, 7) is 3.35. The first-order valence-corrected chi connectivity index (χ1v) is 10.7. The zero-order valence-corrected chi connectivity index (χ0v) is 16.7. The van der Waals surface area contributed by atoms with Crippen LogP contribution in [0.1, 0.15) is 60.0 Å². The summed E-state index contributed by atoms with van der Waals surface area (Å²) in [5, 5.41) is 2.36. The maximum Gasteiger partial charge on any atom is 0.255 e. The van der Waals surface area contributed by atoms with Crippen molar-refractivity contribution < 1.29 is 14.4 Å². The average molecular weight is 396 g/mol. The predicted octanol–water partition coefficient (Wildman–Crippen LogP) is 1.15. The first-order valence-electron chi connectivity index (χ1n) is 10.7. The van der Waals surface area contributed by atoms with Crippen LogP contribution in [0.15, 0.2) is 18.2 Å². The monoisotopic (exact) mass is 396 g/mol. The van der Waals surface area contributed by atoms with Crippen LogP contribution >= 0.6 is 0 Å². The third-order valence-corrected chi connectivity index (χ3v) is 7.30. The first-order chi connectivity index (χ1) is 13.9. The van der Waals surface area contributed by atoms with Crippen molar-refractivity contribution in [2.45, 2.75) is 63.2 Å². The van der Waals surface area contributed by atoms with Crippen molar-refractivity contribution in [1.29, 1.82) is 0 Å². The van der Waals surface area contributed by atoms with Crippen LogP contribution in [0.3, 0.4) is 0 Å². The molecule has 4 aliphatic rings. The molecule has 0 radical (unpaired) electrons. The van der Waals surface area contributed by atoms with Gasteiger partial charge < -0.3 is 10.6 Å². The molecule has 0 aromatic heterocycles. The van der Waals surface area contributed by atoms with E-state index in [1.807, 2.05) is 12.1 Å². The summed E-state index contributed by atoms with van der Waals surface area (Å²) in [4.78, 5) is 40.8. The number of piperidine rings is 2. The highest BCUT2D eigenvalue weighted by molar-refractivity contribution is 6.05. The van der Waals surface area contributed by atoms with Crippen LogP contribution in [0.5, 0.6) is 0 Å². The molecular weight excluding hydrogens is 368 g/mol. The van der Waals surface area contributed by atoms with E-state index in [1.165, 1.54) is 12.8 Å². The van der Waals surface area contributed by atoms with Gasteiger partial charge >= 0.3 is 0 Å². The van der Waals surface area contributed by atoms with Gasteiger partial charge in [0.15, 0.2) is 0 Å². The number of imide groups is 1. The lowest BCUT2D eigenvalue weighted by Crippen LogP contribution is -2.52. The minimum Gasteiger partial charge on any atom is -0.325 e. The second kappa shape index (κ2) is 6.92. The van der Waals surface area contributed by atoms with Crippen molar-refractivity contribution in [2.75, 3.05) is 13.1 Å². The summed E-state index contributed by atoms with van der Waals surface area (Å²) < 4.78 is 0. The van der Waals surface area contributed by atoms with Gasteiger partial charge in [-0.2, -0.15) is 0 Å². The molecule has 1 aromatic rings. The smallest absolute Gasteiger partial charge is 0.255 e. The van der Waals surface area contributed by atoms with Crippen LogP contribution in [0.25, 0.3) is 0 Å². The number of carbonyl (C=O) groups excluding carboxylic acids is 3. The number of likely N-dealkylation sites (tertiary alicyclic amines) is 1. The molecule has 2 saturated heterocycles. The van der Waals surface area contributed by atoms with Gasteiger partial charge in [0.25, 0.3) is 5.91 Å². The zero-order chi connectivity index (χ0) is 20.2. The molecule has 0 spiro atoms. The molecule has 3 amide bonds. The Balaban J connectivity index is 1.28. The molecule has 7 heteroatoms. The normalized spacial score (nSPS) is 27.1. The number of hydrogen-bond donors (Lipinski definition) is 2. The van der Waals surface area contributed by atoms with Gasteiger partial charge in [-0.1, -0.05) is 12.1 Å². The van der Waals surface area contributed by atoms with Gasteiger partial charge in [-0.05, 0) is 68.3 Å². The molecule has 5 rings (SSSR count). The van der Waals surface area contributed by atoms with Gasteiger partial charge in [-0.15, -0.1) is 0 Å². The molecule has 1 atom stereocenters. The highest BCUT2D eigenvalue weighted by Crippen LogP contribution is 2.44. The van der Waals surface area contributed by atoms with E-state index in [1.54, 1.807) is 4.90 Å². The molecule has 3 N–H and O–H groups in total. The molecule has 3 fully saturated rings. The standard InChI is InChI=1S/C22H28N4O3/c23-22(8-9-22)15-6-10-25(11-7-15)12-14-2-1-3-16-17(14)13-26(21(16)29)18-4-5-19(27)24-20(18)28/h1-3,15,18H,4-13,23H2,(H,24,27,28). The van der Waals surface area contributed by atoms with Gasteiger partial charge in [0.1, 0.15) is 6.04 Å². The molecule has 1 aromatic carbocycles. The molecule has 29 heavy (non-hydrogen) atoms. The van der Waals surface area contributed by atoms with Crippen molar-refractivity contribution in [3.05, 3.63) is 34.9 Å². The summed E-state index contributed by atoms with van der Waals surface area (Å²) in [6.07, 6.45) is 5.30. The largest absolute Gasteiger partial charge is 0.325 e. The number of hydrogen-bond acceptors (Lipinski definition) is 5. The van der Waals surface area contributed by atoms with E-state index in [9.17, 15) is 14.4 Å². The highest BCUT2D eigenvalue weighted by atomic mass is 16.2. The van der Waals surface area contributed by atoms with Crippen LogP contribution in [-0.2, 0) is 22.7 Å². The Morgan fingerprint density at radius 2 is 1.86 bits per heavy atom. The summed E-state index contributed by atoms with van der Waals surface area (Å²) >= 11 is 0. The third kappa shape index (κ3) is 3.36. The predicted molar refractivity (Wildman–Crippen MR) is 107 cm³/mol. The molecule has 1 unspecified atom stereocenters. The summed E-state index contributed by atoms with van der Waals surface area (Å²) in [5.41, 5.74) is 9.39. The lowest BCUT2D eigenvalue weighted by Gasteiger charge is -2.35. The zero-order valence-electron chi connectivity index (χ0n) is 16.7. The Kier molecular flexibility index (Phi) is 4.47. The van der Waals surface area contributed by atoms with Crippen molar-refractivity contribution >= 4 is 17.7 Å². The maximum atomic E-state index is 13.0. The number of carbonyl (C=O) groups is 3. The van der Waals surface area contributed by atoms with Crippen LogP contribution < -0.4 is 11.1 Å². The van der Waals surface area contributed by atoms with E-state index >= 15 is 0 Å². The van der Waals surface area contributed by atoms with Gasteiger partial charge in [0.2, 0.25) is 11.8 Å². The van der Waals surface area contributed by atoms with Crippen molar-refractivity contribution in [1.82, 2.24) is 15.1 Å². The van der Waals surface area contributed by atoms with E-state index in [-0.39, 0.29) is 29.7 Å². The molecule has 1 saturated carbocycles. The number of nitrogens with one attached hydrogen (secondary N) is 1. The fourth-order valence-electron chi connectivity index (χ4n) is 5.26. The Hall–Kier alpha value is -2.25. The number of amides is 3. The molecule has 0 bridgehead atoms. The Morgan fingerprint density at radius 3 is 2.55 bits per heavy atom. The van der Waals surface area contributed by atoms with Gasteiger partial charge in [-0.3, -0.25) is 24.6 Å². The van der Waals surface area contributed by atoms with Crippen molar-refractivity contribution in [2.24, 2.45) is 11.7 Å². The Morgan fingerprint density at radius 1 is 1.10 bits per heavy atom. The van der Waals surface area contributed by atoms with Crippen LogP contribution in [-0.4, -0.2) is 52.2 Å². The lowest BCUT2D eigenvalue weighted by molar-refractivity contribution is -0.136. The summed E-state index contributed by atoms with van der Waals surface area (Å²) in [7, 11) is 0. The molecular formula is C22H28N4O3. The van der Waals surface area contributed by atoms with Crippen molar-refractivity contribution in [3.63, 3.8) is 0 Å². The number of benzene rings is 1. The number of nitrogens with zero attached hydrogens (tertiary/aromatic N) is 2. The molecule has 7 nitrogen and oxygen atoms in total. The van der Waals surface area contributed by atoms with Gasteiger partial charge in [-0.25, -0.2) is 0 Å². The maximum absolute atomic E-state index is 13.0. The number of nitrogens with two attached hydrogens (primary N) is 1. The number of rotatable bonds is 4. The van der Waals surface area contributed by atoms with E-state index in [0.717, 1.165) is 43.6 Å². The van der Waals surface area contributed by atoms with Crippen LogP contribution in [0.2, 0.25) is 0 Å². The topological polar surface area (TPSA) is 95.7 Å². The molecule has 3 aliphatic heterocycles. The number of fused-ring (bicyclic) bond motifs is 1. The SMILES string of the molecule is NC1(C2CCN(Cc3cccc4c3CN(C3CCC(=O)NC3=O)C4=O)CC2)CC1. The fraction of sp³-hybridized carbons (Fsp3) is 0.591. The first kappa shape index (κ1) is 18.8. The minimum atomic E-state index is -0.560. The van der Waals surface area contributed by atoms with E-state index in [4.69, 9.17) is 5.73 Å². The van der Waals surface area contributed by atoms with Gasteiger partial charge in [0.05, 0.1) is 0 Å². The van der Waals surface area contributed by atoms with E-state index in [0.29, 0.717) is 24.4 Å². The Labute approximate surface area is 170 Å². The van der Waals surface area contributed by atoms with Crippen molar-refractivity contribution in [3.8, 4) is 0 Å².